The maximum absolute atomic E-state index is 9.01. The van der Waals surface area contributed by atoms with Crippen molar-refractivity contribution in [3.05, 3.63) is 41.0 Å². The molecular weight excluding hydrogens is 268 g/mol. The molecule has 0 atom stereocenters. The van der Waals surface area contributed by atoms with Gasteiger partial charge in [0.1, 0.15) is 11.6 Å². The fourth-order valence-corrected chi connectivity index (χ4v) is 1.88. The van der Waals surface area contributed by atoms with Crippen LogP contribution < -0.4 is 5.32 Å². The Morgan fingerprint density at radius 2 is 2.28 bits per heavy atom. The van der Waals surface area contributed by atoms with Gasteiger partial charge in [0.05, 0.1) is 6.20 Å². The lowest BCUT2D eigenvalue weighted by Gasteiger charge is -2.08. The van der Waals surface area contributed by atoms with Crippen LogP contribution in [-0.4, -0.2) is 16.2 Å². The van der Waals surface area contributed by atoms with Crippen molar-refractivity contribution < 1.29 is 0 Å². The third kappa shape index (κ3) is 2.92. The molecule has 6 heteroatoms. The Balaban J connectivity index is 2.36. The molecule has 90 valence electrons. The first kappa shape index (κ1) is 12.7. The van der Waals surface area contributed by atoms with E-state index in [-0.39, 0.29) is 0 Å². The van der Waals surface area contributed by atoms with Gasteiger partial charge in [-0.15, -0.1) is 0 Å². The fourth-order valence-electron chi connectivity index (χ4n) is 1.34. The summed E-state index contributed by atoms with van der Waals surface area (Å²) >= 11 is 7.32. The number of nitriles is 1. The second-order valence-corrected chi connectivity index (χ2v) is 4.58. The number of nitrogens with one attached hydrogen (secondary N) is 1. The van der Waals surface area contributed by atoms with Crippen LogP contribution >= 0.6 is 23.4 Å². The van der Waals surface area contributed by atoms with E-state index in [0.717, 1.165) is 5.69 Å². The minimum atomic E-state index is 0.396. The SMILES string of the molecule is CSc1ncc(C#N)c(Nc2cccc(Cl)c2)n1. The molecule has 2 rings (SSSR count). The fraction of sp³-hybridized carbons (Fsp3) is 0.0833. The predicted octanol–water partition coefficient (Wildman–Crippen LogP) is 3.47. The number of thioether (sulfide) groups is 1. The van der Waals surface area contributed by atoms with E-state index in [1.165, 1.54) is 18.0 Å². The van der Waals surface area contributed by atoms with E-state index in [0.29, 0.717) is 21.6 Å². The van der Waals surface area contributed by atoms with Crippen molar-refractivity contribution >= 4 is 34.9 Å². The van der Waals surface area contributed by atoms with Crippen LogP contribution in [-0.2, 0) is 0 Å². The lowest BCUT2D eigenvalue weighted by atomic mass is 10.3. The second kappa shape index (κ2) is 5.71. The molecule has 0 bridgehead atoms. The van der Waals surface area contributed by atoms with Crippen molar-refractivity contribution in [2.75, 3.05) is 11.6 Å². The van der Waals surface area contributed by atoms with Crippen LogP contribution in [0.1, 0.15) is 5.56 Å². The molecule has 1 N–H and O–H groups in total. The molecule has 0 unspecified atom stereocenters. The van der Waals surface area contributed by atoms with Crippen LogP contribution in [0.15, 0.2) is 35.6 Å². The Morgan fingerprint density at radius 3 is 2.94 bits per heavy atom. The number of hydrogen-bond donors (Lipinski definition) is 1. The van der Waals surface area contributed by atoms with Crippen LogP contribution in [0.2, 0.25) is 5.02 Å². The Kier molecular flexibility index (Phi) is 4.03. The molecule has 0 saturated carbocycles. The number of aromatic nitrogens is 2. The minimum absolute atomic E-state index is 0.396. The number of rotatable bonds is 3. The van der Waals surface area contributed by atoms with Crippen LogP contribution in [0.3, 0.4) is 0 Å². The van der Waals surface area contributed by atoms with Gasteiger partial charge in [0.25, 0.3) is 0 Å². The molecule has 1 heterocycles. The summed E-state index contributed by atoms with van der Waals surface area (Å²) in [6.45, 7) is 0. The van der Waals surface area contributed by atoms with Crippen LogP contribution in [0.5, 0.6) is 0 Å². The van der Waals surface area contributed by atoms with Crippen LogP contribution in [0.4, 0.5) is 11.5 Å². The summed E-state index contributed by atoms with van der Waals surface area (Å²) in [4.78, 5) is 8.31. The third-order valence-corrected chi connectivity index (χ3v) is 2.95. The monoisotopic (exact) mass is 276 g/mol. The van der Waals surface area contributed by atoms with E-state index >= 15 is 0 Å². The van der Waals surface area contributed by atoms with Gasteiger partial charge in [-0.2, -0.15) is 5.26 Å². The number of halogens is 1. The highest BCUT2D eigenvalue weighted by Crippen LogP contribution is 2.22. The number of hydrogen-bond acceptors (Lipinski definition) is 5. The van der Waals surface area contributed by atoms with Gasteiger partial charge in [0.2, 0.25) is 0 Å². The average Bonchev–Trinajstić information content (AvgIpc) is 2.38. The summed E-state index contributed by atoms with van der Waals surface area (Å²) in [7, 11) is 0. The van der Waals surface area contributed by atoms with E-state index in [4.69, 9.17) is 16.9 Å². The molecular formula is C12H9ClN4S. The van der Waals surface area contributed by atoms with Crippen molar-refractivity contribution in [3.8, 4) is 6.07 Å². The van der Waals surface area contributed by atoms with Gasteiger partial charge in [-0.05, 0) is 24.5 Å². The quantitative estimate of drug-likeness (QED) is 0.687. The number of anilines is 2. The third-order valence-electron chi connectivity index (χ3n) is 2.16. The topological polar surface area (TPSA) is 61.6 Å². The van der Waals surface area contributed by atoms with E-state index in [9.17, 15) is 0 Å². The first-order chi connectivity index (χ1) is 8.72. The minimum Gasteiger partial charge on any atom is -0.339 e. The zero-order valence-corrected chi connectivity index (χ0v) is 11.1. The van der Waals surface area contributed by atoms with Crippen molar-refractivity contribution in [3.63, 3.8) is 0 Å². The van der Waals surface area contributed by atoms with Gasteiger partial charge in [-0.1, -0.05) is 29.4 Å². The van der Waals surface area contributed by atoms with Crippen molar-refractivity contribution in [2.45, 2.75) is 5.16 Å². The van der Waals surface area contributed by atoms with Gasteiger partial charge in [-0.3, -0.25) is 0 Å². The smallest absolute Gasteiger partial charge is 0.189 e. The number of nitrogens with zero attached hydrogens (tertiary/aromatic N) is 3. The van der Waals surface area contributed by atoms with Gasteiger partial charge < -0.3 is 5.32 Å². The van der Waals surface area contributed by atoms with Crippen molar-refractivity contribution in [2.24, 2.45) is 0 Å². The van der Waals surface area contributed by atoms with E-state index in [1.54, 1.807) is 12.1 Å². The first-order valence-electron chi connectivity index (χ1n) is 5.06. The Morgan fingerprint density at radius 1 is 1.44 bits per heavy atom. The molecule has 0 amide bonds. The normalized spacial score (nSPS) is 9.83. The number of benzene rings is 1. The Bertz CT molecular complexity index is 609. The molecule has 0 spiro atoms. The molecule has 4 nitrogen and oxygen atoms in total. The van der Waals surface area contributed by atoms with Crippen LogP contribution in [0.25, 0.3) is 0 Å². The highest BCUT2D eigenvalue weighted by Gasteiger charge is 2.07. The molecule has 0 fully saturated rings. The summed E-state index contributed by atoms with van der Waals surface area (Å²) < 4.78 is 0. The molecule has 0 aliphatic heterocycles. The van der Waals surface area contributed by atoms with E-state index in [1.807, 2.05) is 18.4 Å². The zero-order chi connectivity index (χ0) is 13.0. The van der Waals surface area contributed by atoms with Gasteiger partial charge in [-0.25, -0.2) is 9.97 Å². The van der Waals surface area contributed by atoms with Gasteiger partial charge in [0, 0.05) is 10.7 Å². The predicted molar refractivity (Wildman–Crippen MR) is 73.3 cm³/mol. The molecule has 18 heavy (non-hydrogen) atoms. The summed E-state index contributed by atoms with van der Waals surface area (Å²) in [5.74, 6) is 0.485. The Labute approximate surface area is 114 Å². The maximum Gasteiger partial charge on any atom is 0.189 e. The summed E-state index contributed by atoms with van der Waals surface area (Å²) in [5.41, 5.74) is 1.18. The van der Waals surface area contributed by atoms with E-state index < -0.39 is 0 Å². The molecule has 1 aromatic heterocycles. The lowest BCUT2D eigenvalue weighted by Crippen LogP contribution is -1.99. The largest absolute Gasteiger partial charge is 0.339 e. The van der Waals surface area contributed by atoms with Crippen LogP contribution in [0, 0.1) is 11.3 Å². The summed E-state index contributed by atoms with van der Waals surface area (Å²) in [6.07, 6.45) is 3.39. The van der Waals surface area contributed by atoms with Gasteiger partial charge >= 0.3 is 0 Å². The Hall–Kier alpha value is -1.77. The van der Waals surface area contributed by atoms with Crippen molar-refractivity contribution in [1.82, 2.24) is 9.97 Å². The second-order valence-electron chi connectivity index (χ2n) is 3.37. The summed E-state index contributed by atoms with van der Waals surface area (Å²) in [6, 6.07) is 9.28. The molecule has 1 aromatic carbocycles. The standard InChI is InChI=1S/C12H9ClN4S/c1-18-12-15-7-8(6-14)11(17-12)16-10-4-2-3-9(13)5-10/h2-5,7H,1H3,(H,15,16,17). The van der Waals surface area contributed by atoms with Crippen molar-refractivity contribution in [1.29, 1.82) is 5.26 Å². The lowest BCUT2D eigenvalue weighted by molar-refractivity contribution is 0.969. The highest BCUT2D eigenvalue weighted by molar-refractivity contribution is 7.98. The first-order valence-corrected chi connectivity index (χ1v) is 6.67. The molecule has 2 aromatic rings. The molecule has 0 saturated heterocycles. The molecule has 0 aliphatic rings. The maximum atomic E-state index is 9.01. The highest BCUT2D eigenvalue weighted by atomic mass is 35.5. The average molecular weight is 277 g/mol. The summed E-state index contributed by atoms with van der Waals surface area (Å²) in [5, 5.41) is 13.3. The molecule has 0 radical (unpaired) electrons. The zero-order valence-electron chi connectivity index (χ0n) is 9.51. The molecule has 0 aliphatic carbocycles. The van der Waals surface area contributed by atoms with Gasteiger partial charge in [0.15, 0.2) is 11.0 Å². The van der Waals surface area contributed by atoms with E-state index in [2.05, 4.69) is 21.4 Å².